The van der Waals surface area contributed by atoms with Gasteiger partial charge in [0.05, 0.1) is 18.2 Å². The number of hydrogen-bond acceptors (Lipinski definition) is 3. The van der Waals surface area contributed by atoms with E-state index in [1.165, 1.54) is 19.1 Å². The second-order valence-electron chi connectivity index (χ2n) is 6.46. The van der Waals surface area contributed by atoms with Gasteiger partial charge in [0.25, 0.3) is 0 Å². The summed E-state index contributed by atoms with van der Waals surface area (Å²) in [5, 5.41) is 2.79. The molecule has 0 saturated carbocycles. The molecule has 144 valence electrons. The van der Waals surface area contributed by atoms with Crippen LogP contribution in [0.3, 0.4) is 0 Å². The van der Waals surface area contributed by atoms with Crippen LogP contribution in [0.4, 0.5) is 10.1 Å². The SMILES string of the molecule is CC(=O)N(CCNC(=O)Cc1ccc(F)cc1)c1ccccc1OC(C)C. The fraction of sp³-hybridized carbons (Fsp3) is 0.333. The Morgan fingerprint density at radius 2 is 1.78 bits per heavy atom. The van der Waals surface area contributed by atoms with E-state index in [4.69, 9.17) is 4.74 Å². The molecule has 0 aliphatic carbocycles. The van der Waals surface area contributed by atoms with E-state index < -0.39 is 0 Å². The fourth-order valence-electron chi connectivity index (χ4n) is 2.64. The first kappa shape index (κ1) is 20.4. The number of nitrogens with one attached hydrogen (secondary N) is 1. The number of amides is 2. The molecule has 0 bridgehead atoms. The molecule has 2 aromatic carbocycles. The molecule has 0 aliphatic rings. The monoisotopic (exact) mass is 372 g/mol. The van der Waals surface area contributed by atoms with Crippen LogP contribution in [0.5, 0.6) is 5.75 Å². The van der Waals surface area contributed by atoms with Crippen LogP contribution in [0.15, 0.2) is 48.5 Å². The molecule has 6 heteroatoms. The molecule has 0 saturated heterocycles. The second-order valence-corrected chi connectivity index (χ2v) is 6.46. The zero-order valence-corrected chi connectivity index (χ0v) is 15.9. The maximum absolute atomic E-state index is 12.9. The lowest BCUT2D eigenvalue weighted by atomic mass is 10.1. The molecule has 1 N–H and O–H groups in total. The number of halogens is 1. The number of nitrogens with zero attached hydrogens (tertiary/aromatic N) is 1. The summed E-state index contributed by atoms with van der Waals surface area (Å²) in [6, 6.07) is 13.1. The van der Waals surface area contributed by atoms with E-state index in [0.29, 0.717) is 24.5 Å². The Hall–Kier alpha value is -2.89. The molecular formula is C21H25FN2O3. The van der Waals surface area contributed by atoms with Crippen molar-refractivity contribution in [1.82, 2.24) is 5.32 Å². The number of ether oxygens (including phenoxy) is 1. The van der Waals surface area contributed by atoms with Gasteiger partial charge in [-0.25, -0.2) is 4.39 Å². The normalized spacial score (nSPS) is 10.6. The summed E-state index contributed by atoms with van der Waals surface area (Å²) in [7, 11) is 0. The van der Waals surface area contributed by atoms with Crippen LogP contribution in [-0.2, 0) is 16.0 Å². The standard InChI is InChI=1S/C21H25FN2O3/c1-15(2)27-20-7-5-4-6-19(20)24(16(3)25)13-12-23-21(26)14-17-8-10-18(22)11-9-17/h4-11,15H,12-14H2,1-3H3,(H,23,26). The smallest absolute Gasteiger partial charge is 0.224 e. The molecule has 0 aromatic heterocycles. The highest BCUT2D eigenvalue weighted by Crippen LogP contribution is 2.28. The van der Waals surface area contributed by atoms with Crippen molar-refractivity contribution < 1.29 is 18.7 Å². The summed E-state index contributed by atoms with van der Waals surface area (Å²) < 4.78 is 18.7. The van der Waals surface area contributed by atoms with Crippen LogP contribution in [0.1, 0.15) is 26.3 Å². The van der Waals surface area contributed by atoms with Crippen molar-refractivity contribution >= 4 is 17.5 Å². The van der Waals surface area contributed by atoms with Crippen LogP contribution < -0.4 is 15.0 Å². The van der Waals surface area contributed by atoms with Crippen molar-refractivity contribution in [1.29, 1.82) is 0 Å². The van der Waals surface area contributed by atoms with E-state index in [1.807, 2.05) is 38.1 Å². The van der Waals surface area contributed by atoms with Gasteiger partial charge in [-0.3, -0.25) is 9.59 Å². The van der Waals surface area contributed by atoms with Gasteiger partial charge in [-0.05, 0) is 43.7 Å². The van der Waals surface area contributed by atoms with Crippen LogP contribution in [-0.4, -0.2) is 31.0 Å². The molecule has 0 spiro atoms. The molecule has 0 radical (unpaired) electrons. The first-order valence-electron chi connectivity index (χ1n) is 8.91. The van der Waals surface area contributed by atoms with Gasteiger partial charge in [-0.1, -0.05) is 24.3 Å². The minimum atomic E-state index is -0.335. The van der Waals surface area contributed by atoms with E-state index in [9.17, 15) is 14.0 Å². The molecular weight excluding hydrogens is 347 g/mol. The lowest BCUT2D eigenvalue weighted by Crippen LogP contribution is -2.38. The van der Waals surface area contributed by atoms with Gasteiger partial charge in [0, 0.05) is 20.0 Å². The highest BCUT2D eigenvalue weighted by Gasteiger charge is 2.17. The number of benzene rings is 2. The summed E-state index contributed by atoms with van der Waals surface area (Å²) >= 11 is 0. The number of para-hydroxylation sites is 2. The molecule has 0 atom stereocenters. The van der Waals surface area contributed by atoms with Gasteiger partial charge in [-0.15, -0.1) is 0 Å². The topological polar surface area (TPSA) is 58.6 Å². The third-order valence-corrected chi connectivity index (χ3v) is 3.83. The molecule has 2 rings (SSSR count). The minimum absolute atomic E-state index is 0.0182. The zero-order valence-electron chi connectivity index (χ0n) is 15.9. The van der Waals surface area contributed by atoms with Crippen molar-refractivity contribution in [2.75, 3.05) is 18.0 Å². The summed E-state index contributed by atoms with van der Waals surface area (Å²) in [6.45, 7) is 5.94. The summed E-state index contributed by atoms with van der Waals surface area (Å²) in [6.07, 6.45) is 0.142. The summed E-state index contributed by atoms with van der Waals surface area (Å²) in [4.78, 5) is 25.7. The van der Waals surface area contributed by atoms with E-state index in [1.54, 1.807) is 17.0 Å². The lowest BCUT2D eigenvalue weighted by molar-refractivity contribution is -0.121. The molecule has 5 nitrogen and oxygen atoms in total. The summed E-state index contributed by atoms with van der Waals surface area (Å²) in [5.74, 6) is -0.0294. The third kappa shape index (κ3) is 6.40. The first-order chi connectivity index (χ1) is 12.9. The average Bonchev–Trinajstić information content (AvgIpc) is 2.61. The van der Waals surface area contributed by atoms with E-state index >= 15 is 0 Å². The summed E-state index contributed by atoms with van der Waals surface area (Å²) in [5.41, 5.74) is 1.40. The Bertz CT molecular complexity index is 775. The maximum Gasteiger partial charge on any atom is 0.224 e. The third-order valence-electron chi connectivity index (χ3n) is 3.83. The van der Waals surface area contributed by atoms with Gasteiger partial charge in [0.15, 0.2) is 0 Å². The molecule has 2 amide bonds. The van der Waals surface area contributed by atoms with Crippen molar-refractivity contribution in [2.45, 2.75) is 33.3 Å². The Labute approximate surface area is 159 Å². The van der Waals surface area contributed by atoms with Crippen molar-refractivity contribution in [3.05, 3.63) is 59.9 Å². The first-order valence-corrected chi connectivity index (χ1v) is 8.91. The average molecular weight is 372 g/mol. The minimum Gasteiger partial charge on any atom is -0.489 e. The number of anilines is 1. The Morgan fingerprint density at radius 3 is 2.41 bits per heavy atom. The predicted molar refractivity (Wildman–Crippen MR) is 103 cm³/mol. The van der Waals surface area contributed by atoms with Gasteiger partial charge < -0.3 is 15.0 Å². The quantitative estimate of drug-likeness (QED) is 0.773. The molecule has 2 aromatic rings. The lowest BCUT2D eigenvalue weighted by Gasteiger charge is -2.24. The maximum atomic E-state index is 12.9. The number of carbonyl (C=O) groups excluding carboxylic acids is 2. The van der Waals surface area contributed by atoms with Crippen LogP contribution in [0.2, 0.25) is 0 Å². The highest BCUT2D eigenvalue weighted by atomic mass is 19.1. The van der Waals surface area contributed by atoms with Crippen molar-refractivity contribution in [3.8, 4) is 5.75 Å². The van der Waals surface area contributed by atoms with Crippen LogP contribution in [0, 0.1) is 5.82 Å². The van der Waals surface area contributed by atoms with E-state index in [-0.39, 0.29) is 30.2 Å². The zero-order chi connectivity index (χ0) is 19.8. The molecule has 0 heterocycles. The van der Waals surface area contributed by atoms with Gasteiger partial charge in [0.2, 0.25) is 11.8 Å². The molecule has 0 fully saturated rings. The number of rotatable bonds is 8. The Morgan fingerprint density at radius 1 is 1.11 bits per heavy atom. The van der Waals surface area contributed by atoms with Gasteiger partial charge in [-0.2, -0.15) is 0 Å². The number of carbonyl (C=O) groups is 2. The predicted octanol–water partition coefficient (Wildman–Crippen LogP) is 3.32. The Balaban J connectivity index is 1.96. The number of hydrogen-bond donors (Lipinski definition) is 1. The van der Waals surface area contributed by atoms with Gasteiger partial charge >= 0.3 is 0 Å². The molecule has 0 aliphatic heterocycles. The van der Waals surface area contributed by atoms with E-state index in [0.717, 1.165) is 5.56 Å². The van der Waals surface area contributed by atoms with Crippen LogP contribution >= 0.6 is 0 Å². The Kier molecular flexibility index (Phi) is 7.34. The van der Waals surface area contributed by atoms with E-state index in [2.05, 4.69) is 5.32 Å². The fourth-order valence-corrected chi connectivity index (χ4v) is 2.64. The van der Waals surface area contributed by atoms with Gasteiger partial charge in [0.1, 0.15) is 11.6 Å². The van der Waals surface area contributed by atoms with Crippen molar-refractivity contribution in [3.63, 3.8) is 0 Å². The molecule has 0 unspecified atom stereocenters. The van der Waals surface area contributed by atoms with Crippen molar-refractivity contribution in [2.24, 2.45) is 0 Å². The largest absolute Gasteiger partial charge is 0.489 e. The highest BCUT2D eigenvalue weighted by molar-refractivity contribution is 5.93. The van der Waals surface area contributed by atoms with Crippen LogP contribution in [0.25, 0.3) is 0 Å². The molecule has 27 heavy (non-hydrogen) atoms. The second kappa shape index (κ2) is 9.71.